The number of carbonyl (C=O) groups excluding carboxylic acids is 1. The van der Waals surface area contributed by atoms with Gasteiger partial charge in [-0.2, -0.15) is 0 Å². The van der Waals surface area contributed by atoms with Crippen LogP contribution in [0.3, 0.4) is 0 Å². The van der Waals surface area contributed by atoms with Crippen LogP contribution in [0.25, 0.3) is 11.3 Å². The molecule has 0 bridgehead atoms. The lowest BCUT2D eigenvalue weighted by Gasteiger charge is -2.02. The predicted octanol–water partition coefficient (Wildman–Crippen LogP) is 2.70. The average molecular weight is 201 g/mol. The van der Waals surface area contributed by atoms with E-state index >= 15 is 0 Å². The highest BCUT2D eigenvalue weighted by atomic mass is 19.1. The minimum absolute atomic E-state index is 0.340. The lowest BCUT2D eigenvalue weighted by atomic mass is 10.1. The van der Waals surface area contributed by atoms with E-state index in [1.165, 1.54) is 12.3 Å². The summed E-state index contributed by atoms with van der Waals surface area (Å²) >= 11 is 0. The van der Waals surface area contributed by atoms with Crippen LogP contribution in [0, 0.1) is 5.82 Å². The summed E-state index contributed by atoms with van der Waals surface area (Å²) in [6, 6.07) is 9.48. The van der Waals surface area contributed by atoms with Crippen LogP contribution < -0.4 is 0 Å². The second-order valence-corrected chi connectivity index (χ2v) is 3.07. The van der Waals surface area contributed by atoms with Crippen LogP contribution in [0.5, 0.6) is 0 Å². The summed E-state index contributed by atoms with van der Waals surface area (Å²) in [5.74, 6) is -0.340. The van der Waals surface area contributed by atoms with E-state index in [0.717, 1.165) is 0 Å². The molecule has 0 atom stereocenters. The molecule has 2 aromatic rings. The Morgan fingerprint density at radius 1 is 1.20 bits per heavy atom. The van der Waals surface area contributed by atoms with Gasteiger partial charge in [0.25, 0.3) is 0 Å². The third-order valence-electron chi connectivity index (χ3n) is 2.07. The molecule has 0 saturated carbocycles. The summed E-state index contributed by atoms with van der Waals surface area (Å²) in [7, 11) is 0. The van der Waals surface area contributed by atoms with Crippen molar-refractivity contribution in [1.29, 1.82) is 0 Å². The fourth-order valence-corrected chi connectivity index (χ4v) is 1.34. The molecule has 74 valence electrons. The Morgan fingerprint density at radius 3 is 2.73 bits per heavy atom. The quantitative estimate of drug-likeness (QED) is 0.699. The second-order valence-electron chi connectivity index (χ2n) is 3.07. The molecule has 2 nitrogen and oxygen atoms in total. The van der Waals surface area contributed by atoms with Crippen LogP contribution in [0.2, 0.25) is 0 Å². The number of aromatic nitrogens is 1. The van der Waals surface area contributed by atoms with Crippen LogP contribution in [0.1, 0.15) is 10.4 Å². The number of aldehydes is 1. The normalized spacial score (nSPS) is 9.93. The number of benzene rings is 1. The van der Waals surface area contributed by atoms with Crippen molar-refractivity contribution < 1.29 is 9.18 Å². The summed E-state index contributed by atoms with van der Waals surface area (Å²) < 4.78 is 13.4. The van der Waals surface area contributed by atoms with E-state index in [-0.39, 0.29) is 5.82 Å². The van der Waals surface area contributed by atoms with Crippen LogP contribution in [-0.4, -0.2) is 11.3 Å². The number of halogens is 1. The third kappa shape index (κ3) is 1.91. The van der Waals surface area contributed by atoms with Gasteiger partial charge in [0.05, 0.1) is 5.69 Å². The summed E-state index contributed by atoms with van der Waals surface area (Å²) in [6.07, 6.45) is 2.21. The minimum atomic E-state index is -0.340. The summed E-state index contributed by atoms with van der Waals surface area (Å²) in [5, 5.41) is 0. The first-order valence-corrected chi connectivity index (χ1v) is 4.47. The van der Waals surface area contributed by atoms with Crippen molar-refractivity contribution in [2.75, 3.05) is 0 Å². The molecule has 0 amide bonds. The highest BCUT2D eigenvalue weighted by molar-refractivity contribution is 5.77. The molecular weight excluding hydrogens is 193 g/mol. The number of nitrogens with zero attached hydrogens (tertiary/aromatic N) is 1. The summed E-state index contributed by atoms with van der Waals surface area (Å²) in [4.78, 5) is 14.6. The summed E-state index contributed by atoms with van der Waals surface area (Å²) in [5.41, 5.74) is 1.36. The highest BCUT2D eigenvalue weighted by Gasteiger charge is 2.05. The lowest BCUT2D eigenvalue weighted by Crippen LogP contribution is -1.89. The van der Waals surface area contributed by atoms with Gasteiger partial charge in [-0.15, -0.1) is 0 Å². The van der Waals surface area contributed by atoms with Crippen molar-refractivity contribution in [2.45, 2.75) is 0 Å². The SMILES string of the molecule is O=Cc1ccnc(-c2ccccc2F)c1. The van der Waals surface area contributed by atoms with Crippen molar-refractivity contribution in [2.24, 2.45) is 0 Å². The topological polar surface area (TPSA) is 30.0 Å². The van der Waals surface area contributed by atoms with Gasteiger partial charge < -0.3 is 0 Å². The molecule has 0 aliphatic heterocycles. The number of pyridine rings is 1. The first kappa shape index (κ1) is 9.52. The zero-order valence-electron chi connectivity index (χ0n) is 7.85. The average Bonchev–Trinajstić information content (AvgIpc) is 2.30. The van der Waals surface area contributed by atoms with E-state index in [2.05, 4.69) is 4.98 Å². The van der Waals surface area contributed by atoms with Crippen molar-refractivity contribution >= 4 is 6.29 Å². The molecule has 1 heterocycles. The number of hydrogen-bond acceptors (Lipinski definition) is 2. The summed E-state index contributed by atoms with van der Waals surface area (Å²) in [6.45, 7) is 0. The zero-order chi connectivity index (χ0) is 10.7. The molecule has 15 heavy (non-hydrogen) atoms. The first-order valence-electron chi connectivity index (χ1n) is 4.47. The van der Waals surface area contributed by atoms with Crippen molar-refractivity contribution in [1.82, 2.24) is 4.98 Å². The van der Waals surface area contributed by atoms with Gasteiger partial charge in [0.2, 0.25) is 0 Å². The van der Waals surface area contributed by atoms with Gasteiger partial charge in [0, 0.05) is 17.3 Å². The molecule has 0 saturated heterocycles. The predicted molar refractivity (Wildman–Crippen MR) is 55.0 cm³/mol. The van der Waals surface area contributed by atoms with E-state index in [1.54, 1.807) is 30.3 Å². The van der Waals surface area contributed by atoms with E-state index in [0.29, 0.717) is 23.1 Å². The number of rotatable bonds is 2. The minimum Gasteiger partial charge on any atom is -0.298 e. The molecule has 0 N–H and O–H groups in total. The monoisotopic (exact) mass is 201 g/mol. The maximum Gasteiger partial charge on any atom is 0.150 e. The van der Waals surface area contributed by atoms with Gasteiger partial charge >= 0.3 is 0 Å². The standard InChI is InChI=1S/C12H8FNO/c13-11-4-2-1-3-10(11)12-7-9(8-15)5-6-14-12/h1-8H. The fraction of sp³-hybridized carbons (Fsp3) is 0. The molecule has 0 aliphatic carbocycles. The van der Waals surface area contributed by atoms with Gasteiger partial charge in [0.1, 0.15) is 12.1 Å². The first-order chi connectivity index (χ1) is 7.31. The molecule has 0 unspecified atom stereocenters. The van der Waals surface area contributed by atoms with Crippen LogP contribution in [0.4, 0.5) is 4.39 Å². The maximum absolute atomic E-state index is 13.4. The molecule has 1 aromatic heterocycles. The van der Waals surface area contributed by atoms with Crippen molar-refractivity contribution in [3.05, 3.63) is 54.0 Å². The molecule has 2 rings (SSSR count). The Balaban J connectivity index is 2.54. The van der Waals surface area contributed by atoms with Crippen LogP contribution in [0.15, 0.2) is 42.6 Å². The molecule has 0 fully saturated rings. The molecule has 1 aromatic carbocycles. The Morgan fingerprint density at radius 2 is 2.00 bits per heavy atom. The van der Waals surface area contributed by atoms with E-state index < -0.39 is 0 Å². The van der Waals surface area contributed by atoms with E-state index in [9.17, 15) is 9.18 Å². The van der Waals surface area contributed by atoms with Crippen molar-refractivity contribution in [3.63, 3.8) is 0 Å². The van der Waals surface area contributed by atoms with Crippen LogP contribution >= 0.6 is 0 Å². The van der Waals surface area contributed by atoms with Gasteiger partial charge in [-0.05, 0) is 24.3 Å². The second kappa shape index (κ2) is 4.00. The van der Waals surface area contributed by atoms with E-state index in [4.69, 9.17) is 0 Å². The number of hydrogen-bond donors (Lipinski definition) is 0. The van der Waals surface area contributed by atoms with Gasteiger partial charge in [-0.3, -0.25) is 9.78 Å². The van der Waals surface area contributed by atoms with Crippen LogP contribution in [-0.2, 0) is 0 Å². The highest BCUT2D eigenvalue weighted by Crippen LogP contribution is 2.20. The van der Waals surface area contributed by atoms with Gasteiger partial charge in [-0.1, -0.05) is 12.1 Å². The largest absolute Gasteiger partial charge is 0.298 e. The fourth-order valence-electron chi connectivity index (χ4n) is 1.34. The molecule has 0 radical (unpaired) electrons. The molecule has 0 spiro atoms. The Bertz CT molecular complexity index is 496. The Hall–Kier alpha value is -2.03. The molecule has 0 aliphatic rings. The Labute approximate surface area is 86.4 Å². The molecule has 3 heteroatoms. The third-order valence-corrected chi connectivity index (χ3v) is 2.07. The number of carbonyl (C=O) groups is 1. The Kier molecular flexibility index (Phi) is 2.54. The van der Waals surface area contributed by atoms with Gasteiger partial charge in [-0.25, -0.2) is 4.39 Å². The maximum atomic E-state index is 13.4. The zero-order valence-corrected chi connectivity index (χ0v) is 7.85. The van der Waals surface area contributed by atoms with Crippen molar-refractivity contribution in [3.8, 4) is 11.3 Å². The van der Waals surface area contributed by atoms with E-state index in [1.807, 2.05) is 0 Å². The smallest absolute Gasteiger partial charge is 0.150 e. The lowest BCUT2D eigenvalue weighted by molar-refractivity contribution is 0.112. The van der Waals surface area contributed by atoms with Gasteiger partial charge in [0.15, 0.2) is 0 Å². The molecular formula is C12H8FNO.